The smallest absolute Gasteiger partial charge is 0.151 e. The zero-order valence-electron chi connectivity index (χ0n) is 11.8. The van der Waals surface area contributed by atoms with Crippen molar-refractivity contribution in [3.05, 3.63) is 29.0 Å². The second-order valence-corrected chi connectivity index (χ2v) is 8.05. The molecule has 2 heterocycles. The van der Waals surface area contributed by atoms with Gasteiger partial charge < -0.3 is 9.88 Å². The monoisotopic (exact) mass is 327 g/mol. The van der Waals surface area contributed by atoms with E-state index in [2.05, 4.69) is 21.8 Å². The highest BCUT2D eigenvalue weighted by atomic mass is 35.5. The molecule has 0 saturated carbocycles. The highest BCUT2D eigenvalue weighted by Gasteiger charge is 2.27. The zero-order valence-corrected chi connectivity index (χ0v) is 13.4. The molecule has 1 aromatic carbocycles. The summed E-state index contributed by atoms with van der Waals surface area (Å²) in [6, 6.07) is 5.69. The van der Waals surface area contributed by atoms with Crippen molar-refractivity contribution < 1.29 is 8.42 Å². The maximum Gasteiger partial charge on any atom is 0.151 e. The Balaban J connectivity index is 1.81. The lowest BCUT2D eigenvalue weighted by Crippen LogP contribution is -2.30. The Morgan fingerprint density at radius 3 is 2.95 bits per heavy atom. The SMILES string of the molecule is CCn1c(CNC2CCS(=O)(=O)C2)nc2ccc(Cl)cc21. The molecule has 0 amide bonds. The van der Waals surface area contributed by atoms with Crippen molar-refractivity contribution in [2.45, 2.75) is 32.5 Å². The molecule has 3 rings (SSSR count). The molecule has 1 saturated heterocycles. The van der Waals surface area contributed by atoms with Crippen LogP contribution in [-0.4, -0.2) is 35.5 Å². The zero-order chi connectivity index (χ0) is 15.0. The number of hydrogen-bond acceptors (Lipinski definition) is 4. The van der Waals surface area contributed by atoms with E-state index in [0.29, 0.717) is 18.0 Å². The van der Waals surface area contributed by atoms with E-state index in [1.54, 1.807) is 0 Å². The number of imidazole rings is 1. The standard InChI is InChI=1S/C14H18ClN3O2S/c1-2-18-13-7-10(15)3-4-12(13)17-14(18)8-16-11-5-6-21(19,20)9-11/h3-4,7,11,16H,2,5-6,8-9H2,1H3. The molecule has 5 nitrogen and oxygen atoms in total. The van der Waals surface area contributed by atoms with Crippen LogP contribution in [0.2, 0.25) is 5.02 Å². The number of benzene rings is 1. The van der Waals surface area contributed by atoms with Gasteiger partial charge in [0.25, 0.3) is 0 Å². The predicted octanol–water partition coefficient (Wildman–Crippen LogP) is 1.99. The Labute approximate surface area is 129 Å². The van der Waals surface area contributed by atoms with Gasteiger partial charge in [0.05, 0.1) is 29.1 Å². The first-order valence-electron chi connectivity index (χ1n) is 7.07. The summed E-state index contributed by atoms with van der Waals surface area (Å²) < 4.78 is 25.1. The average Bonchev–Trinajstić information content (AvgIpc) is 2.95. The molecule has 114 valence electrons. The van der Waals surface area contributed by atoms with Crippen molar-refractivity contribution in [2.75, 3.05) is 11.5 Å². The van der Waals surface area contributed by atoms with Crippen LogP contribution in [0.4, 0.5) is 0 Å². The summed E-state index contributed by atoms with van der Waals surface area (Å²) in [5, 5.41) is 4.00. The summed E-state index contributed by atoms with van der Waals surface area (Å²) in [5.74, 6) is 1.43. The van der Waals surface area contributed by atoms with Gasteiger partial charge in [-0.25, -0.2) is 13.4 Å². The van der Waals surface area contributed by atoms with E-state index in [9.17, 15) is 8.42 Å². The van der Waals surface area contributed by atoms with Crippen molar-refractivity contribution >= 4 is 32.5 Å². The number of rotatable bonds is 4. The van der Waals surface area contributed by atoms with Crippen LogP contribution in [-0.2, 0) is 22.9 Å². The van der Waals surface area contributed by atoms with Gasteiger partial charge in [-0.1, -0.05) is 11.6 Å². The van der Waals surface area contributed by atoms with E-state index in [1.807, 2.05) is 18.2 Å². The van der Waals surface area contributed by atoms with Crippen molar-refractivity contribution in [2.24, 2.45) is 0 Å². The number of hydrogen-bond donors (Lipinski definition) is 1. The van der Waals surface area contributed by atoms with Crippen molar-refractivity contribution in [3.8, 4) is 0 Å². The second kappa shape index (κ2) is 5.59. The van der Waals surface area contributed by atoms with Crippen molar-refractivity contribution in [3.63, 3.8) is 0 Å². The number of sulfone groups is 1. The summed E-state index contributed by atoms with van der Waals surface area (Å²) in [4.78, 5) is 4.61. The topological polar surface area (TPSA) is 64.0 Å². The number of halogens is 1. The molecule has 1 aliphatic rings. The summed E-state index contributed by atoms with van der Waals surface area (Å²) >= 11 is 6.05. The Morgan fingerprint density at radius 1 is 1.48 bits per heavy atom. The third-order valence-corrected chi connectivity index (χ3v) is 5.89. The third-order valence-electron chi connectivity index (χ3n) is 3.89. The van der Waals surface area contributed by atoms with Gasteiger partial charge in [-0.2, -0.15) is 0 Å². The predicted molar refractivity (Wildman–Crippen MR) is 84.3 cm³/mol. The number of nitrogens with one attached hydrogen (secondary N) is 1. The summed E-state index contributed by atoms with van der Waals surface area (Å²) in [6.45, 7) is 3.43. The molecule has 0 spiro atoms. The molecule has 1 atom stereocenters. The van der Waals surface area contributed by atoms with Crippen molar-refractivity contribution in [1.29, 1.82) is 0 Å². The largest absolute Gasteiger partial charge is 0.327 e. The van der Waals surface area contributed by atoms with Gasteiger partial charge in [0, 0.05) is 17.6 Å². The number of aryl methyl sites for hydroxylation is 1. The fraction of sp³-hybridized carbons (Fsp3) is 0.500. The number of nitrogens with zero attached hydrogens (tertiary/aromatic N) is 2. The van der Waals surface area contributed by atoms with Gasteiger partial charge in [0.2, 0.25) is 0 Å². The first-order chi connectivity index (χ1) is 9.98. The second-order valence-electron chi connectivity index (χ2n) is 5.39. The summed E-state index contributed by atoms with van der Waals surface area (Å²) in [6.07, 6.45) is 0.681. The lowest BCUT2D eigenvalue weighted by atomic mass is 10.2. The molecule has 0 bridgehead atoms. The Hall–Kier alpha value is -1.11. The molecule has 1 unspecified atom stereocenters. The molecular weight excluding hydrogens is 310 g/mol. The maximum absolute atomic E-state index is 11.5. The molecule has 21 heavy (non-hydrogen) atoms. The van der Waals surface area contributed by atoms with E-state index in [-0.39, 0.29) is 17.5 Å². The van der Waals surface area contributed by atoms with Crippen LogP contribution in [0.1, 0.15) is 19.2 Å². The van der Waals surface area contributed by atoms with E-state index in [1.165, 1.54) is 0 Å². The van der Waals surface area contributed by atoms with Crippen LogP contribution in [0.5, 0.6) is 0 Å². The van der Waals surface area contributed by atoms with Crippen LogP contribution in [0.25, 0.3) is 11.0 Å². The number of aromatic nitrogens is 2. The fourth-order valence-corrected chi connectivity index (χ4v) is 4.70. The van der Waals surface area contributed by atoms with E-state index in [0.717, 1.165) is 23.4 Å². The van der Waals surface area contributed by atoms with Crippen molar-refractivity contribution in [1.82, 2.24) is 14.9 Å². The van der Waals surface area contributed by atoms with E-state index < -0.39 is 9.84 Å². The van der Waals surface area contributed by atoms with E-state index >= 15 is 0 Å². The van der Waals surface area contributed by atoms with Crippen LogP contribution in [0.15, 0.2) is 18.2 Å². The van der Waals surface area contributed by atoms with Crippen LogP contribution >= 0.6 is 11.6 Å². The maximum atomic E-state index is 11.5. The van der Waals surface area contributed by atoms with Gasteiger partial charge in [-0.3, -0.25) is 0 Å². The normalized spacial score (nSPS) is 21.1. The Morgan fingerprint density at radius 2 is 2.29 bits per heavy atom. The molecule has 0 aliphatic carbocycles. The number of fused-ring (bicyclic) bond motifs is 1. The molecule has 7 heteroatoms. The Kier molecular flexibility index (Phi) is 3.94. The van der Waals surface area contributed by atoms with Gasteiger partial charge in [-0.05, 0) is 31.5 Å². The summed E-state index contributed by atoms with van der Waals surface area (Å²) in [7, 11) is -2.85. The van der Waals surface area contributed by atoms with Gasteiger partial charge in [-0.15, -0.1) is 0 Å². The highest BCUT2D eigenvalue weighted by molar-refractivity contribution is 7.91. The first kappa shape index (κ1) is 14.8. The van der Waals surface area contributed by atoms with Gasteiger partial charge >= 0.3 is 0 Å². The lowest BCUT2D eigenvalue weighted by Gasteiger charge is -2.11. The van der Waals surface area contributed by atoms with Gasteiger partial charge in [0.15, 0.2) is 9.84 Å². The molecule has 1 aliphatic heterocycles. The third kappa shape index (κ3) is 3.07. The van der Waals surface area contributed by atoms with Crippen LogP contribution in [0, 0.1) is 0 Å². The molecule has 0 radical (unpaired) electrons. The molecule has 1 fully saturated rings. The molecule has 1 aromatic heterocycles. The Bertz CT molecular complexity index is 770. The molecule has 2 aromatic rings. The summed E-state index contributed by atoms with van der Waals surface area (Å²) in [5.41, 5.74) is 1.93. The lowest BCUT2D eigenvalue weighted by molar-refractivity contribution is 0.529. The molecular formula is C14H18ClN3O2S. The average molecular weight is 328 g/mol. The quantitative estimate of drug-likeness (QED) is 0.932. The fourth-order valence-electron chi connectivity index (χ4n) is 2.83. The van der Waals surface area contributed by atoms with Gasteiger partial charge in [0.1, 0.15) is 5.82 Å². The highest BCUT2D eigenvalue weighted by Crippen LogP contribution is 2.21. The van der Waals surface area contributed by atoms with E-state index in [4.69, 9.17) is 11.6 Å². The van der Waals surface area contributed by atoms with Crippen LogP contribution in [0.3, 0.4) is 0 Å². The first-order valence-corrected chi connectivity index (χ1v) is 9.27. The van der Waals surface area contributed by atoms with Crippen LogP contribution < -0.4 is 5.32 Å². The minimum absolute atomic E-state index is 0.0312. The molecule has 1 N–H and O–H groups in total. The minimum Gasteiger partial charge on any atom is -0.327 e. The minimum atomic E-state index is -2.85.